The van der Waals surface area contributed by atoms with E-state index in [-0.39, 0.29) is 0 Å². The maximum atomic E-state index is 4.81. The van der Waals surface area contributed by atoms with Crippen molar-refractivity contribution in [3.05, 3.63) is 48.3 Å². The molecule has 0 bridgehead atoms. The van der Waals surface area contributed by atoms with Gasteiger partial charge in [0.2, 0.25) is 0 Å². The molecular formula is C18H25N3. The normalized spacial score (nSPS) is 23.9. The molecule has 1 aromatic carbocycles. The van der Waals surface area contributed by atoms with E-state index in [1.807, 2.05) is 10.7 Å². The predicted molar refractivity (Wildman–Crippen MR) is 86.5 cm³/mol. The topological polar surface area (TPSA) is 29.9 Å². The van der Waals surface area contributed by atoms with Gasteiger partial charge < -0.3 is 5.32 Å². The monoisotopic (exact) mass is 283 g/mol. The van der Waals surface area contributed by atoms with E-state index in [4.69, 9.17) is 5.10 Å². The van der Waals surface area contributed by atoms with Crippen molar-refractivity contribution in [3.63, 3.8) is 0 Å². The summed E-state index contributed by atoms with van der Waals surface area (Å²) in [5.41, 5.74) is 2.29. The predicted octanol–water partition coefficient (Wildman–Crippen LogP) is 3.96. The summed E-state index contributed by atoms with van der Waals surface area (Å²) >= 11 is 0. The number of hydrogen-bond acceptors (Lipinski definition) is 2. The van der Waals surface area contributed by atoms with Crippen molar-refractivity contribution >= 4 is 0 Å². The standard InChI is InChI=1S/C18H25N3/c1-14-7-6-8-15(13-14)18(19-2)17-11-12-21(20-17)16-9-4-3-5-10-16/h3-5,9-12,14-15,18-19H,6-8,13H2,1-2H3. The first kappa shape index (κ1) is 14.3. The van der Waals surface area contributed by atoms with Crippen LogP contribution in [0.1, 0.15) is 44.3 Å². The Balaban J connectivity index is 1.80. The second-order valence-electron chi connectivity index (χ2n) is 6.32. The molecule has 3 rings (SSSR count). The van der Waals surface area contributed by atoms with Crippen LogP contribution in [-0.2, 0) is 0 Å². The maximum Gasteiger partial charge on any atom is 0.0801 e. The lowest BCUT2D eigenvalue weighted by Gasteiger charge is -2.32. The van der Waals surface area contributed by atoms with Gasteiger partial charge in [0.05, 0.1) is 17.4 Å². The first-order valence-electron chi connectivity index (χ1n) is 8.06. The minimum Gasteiger partial charge on any atom is -0.311 e. The molecule has 1 fully saturated rings. The number of aromatic nitrogens is 2. The summed E-state index contributed by atoms with van der Waals surface area (Å²) in [5.74, 6) is 1.55. The Labute approximate surface area is 127 Å². The Morgan fingerprint density at radius 1 is 1.19 bits per heavy atom. The van der Waals surface area contributed by atoms with Gasteiger partial charge in [0.25, 0.3) is 0 Å². The molecule has 3 heteroatoms. The fraction of sp³-hybridized carbons (Fsp3) is 0.500. The third kappa shape index (κ3) is 3.18. The van der Waals surface area contributed by atoms with Crippen LogP contribution in [0, 0.1) is 11.8 Å². The molecule has 0 radical (unpaired) electrons. The highest BCUT2D eigenvalue weighted by Gasteiger charge is 2.28. The van der Waals surface area contributed by atoms with E-state index in [2.05, 4.69) is 55.8 Å². The van der Waals surface area contributed by atoms with Crippen LogP contribution in [0.25, 0.3) is 5.69 Å². The minimum atomic E-state index is 0.373. The molecule has 21 heavy (non-hydrogen) atoms. The second kappa shape index (κ2) is 6.44. The Morgan fingerprint density at radius 3 is 2.71 bits per heavy atom. The van der Waals surface area contributed by atoms with Crippen LogP contribution in [0.2, 0.25) is 0 Å². The summed E-state index contributed by atoms with van der Waals surface area (Å²) in [7, 11) is 2.06. The van der Waals surface area contributed by atoms with Gasteiger partial charge in [-0.15, -0.1) is 0 Å². The molecule has 1 aromatic heterocycles. The summed E-state index contributed by atoms with van der Waals surface area (Å²) in [5, 5.41) is 8.30. The third-order valence-electron chi connectivity index (χ3n) is 4.71. The smallest absolute Gasteiger partial charge is 0.0801 e. The average molecular weight is 283 g/mol. The molecule has 1 saturated carbocycles. The van der Waals surface area contributed by atoms with Gasteiger partial charge in [0.15, 0.2) is 0 Å². The van der Waals surface area contributed by atoms with Crippen LogP contribution in [-0.4, -0.2) is 16.8 Å². The zero-order valence-corrected chi connectivity index (χ0v) is 13.0. The zero-order valence-electron chi connectivity index (χ0n) is 13.0. The molecular weight excluding hydrogens is 258 g/mol. The Morgan fingerprint density at radius 2 is 2.00 bits per heavy atom. The number of para-hydroxylation sites is 1. The molecule has 1 aliphatic rings. The molecule has 3 atom stereocenters. The number of nitrogens with zero attached hydrogens (tertiary/aromatic N) is 2. The highest BCUT2D eigenvalue weighted by Crippen LogP contribution is 2.36. The van der Waals surface area contributed by atoms with Crippen LogP contribution >= 0.6 is 0 Å². The molecule has 3 unspecified atom stereocenters. The van der Waals surface area contributed by atoms with E-state index in [0.29, 0.717) is 12.0 Å². The van der Waals surface area contributed by atoms with Gasteiger partial charge in [-0.05, 0) is 49.9 Å². The lowest BCUT2D eigenvalue weighted by molar-refractivity contribution is 0.227. The molecule has 1 N–H and O–H groups in total. The average Bonchev–Trinajstić information content (AvgIpc) is 2.99. The fourth-order valence-electron chi connectivity index (χ4n) is 3.64. The van der Waals surface area contributed by atoms with E-state index < -0.39 is 0 Å². The van der Waals surface area contributed by atoms with Gasteiger partial charge in [-0.2, -0.15) is 5.10 Å². The molecule has 0 saturated heterocycles. The maximum absolute atomic E-state index is 4.81. The van der Waals surface area contributed by atoms with Gasteiger partial charge in [0, 0.05) is 6.20 Å². The Bertz CT molecular complexity index is 561. The van der Waals surface area contributed by atoms with Crippen molar-refractivity contribution in [2.45, 2.75) is 38.6 Å². The first-order valence-corrected chi connectivity index (χ1v) is 8.06. The summed E-state index contributed by atoms with van der Waals surface area (Å²) in [6.07, 6.45) is 7.42. The molecule has 0 spiro atoms. The zero-order chi connectivity index (χ0) is 14.7. The number of rotatable bonds is 4. The van der Waals surface area contributed by atoms with Crippen LogP contribution in [0.3, 0.4) is 0 Å². The van der Waals surface area contributed by atoms with Crippen molar-refractivity contribution in [3.8, 4) is 5.69 Å². The van der Waals surface area contributed by atoms with Crippen molar-refractivity contribution in [2.75, 3.05) is 7.05 Å². The van der Waals surface area contributed by atoms with E-state index in [0.717, 1.165) is 11.6 Å². The molecule has 0 aliphatic heterocycles. The first-order chi connectivity index (χ1) is 10.3. The largest absolute Gasteiger partial charge is 0.311 e. The van der Waals surface area contributed by atoms with Crippen molar-refractivity contribution in [1.29, 1.82) is 0 Å². The summed E-state index contributed by atoms with van der Waals surface area (Å²) < 4.78 is 1.98. The molecule has 0 amide bonds. The Hall–Kier alpha value is -1.61. The fourth-order valence-corrected chi connectivity index (χ4v) is 3.64. The van der Waals surface area contributed by atoms with Gasteiger partial charge in [-0.1, -0.05) is 38.0 Å². The molecule has 112 valence electrons. The van der Waals surface area contributed by atoms with Gasteiger partial charge in [-0.3, -0.25) is 0 Å². The summed E-state index contributed by atoms with van der Waals surface area (Å²) in [6.45, 7) is 2.38. The highest BCUT2D eigenvalue weighted by atomic mass is 15.3. The molecule has 1 heterocycles. The second-order valence-corrected chi connectivity index (χ2v) is 6.32. The van der Waals surface area contributed by atoms with Crippen LogP contribution in [0.15, 0.2) is 42.6 Å². The Kier molecular flexibility index (Phi) is 4.39. The molecule has 2 aromatic rings. The minimum absolute atomic E-state index is 0.373. The van der Waals surface area contributed by atoms with E-state index >= 15 is 0 Å². The van der Waals surface area contributed by atoms with E-state index in [1.54, 1.807) is 0 Å². The number of hydrogen-bond donors (Lipinski definition) is 1. The SMILES string of the molecule is CNC(c1ccn(-c2ccccc2)n1)C1CCCC(C)C1. The van der Waals surface area contributed by atoms with Crippen molar-refractivity contribution in [2.24, 2.45) is 11.8 Å². The van der Waals surface area contributed by atoms with Gasteiger partial charge in [-0.25, -0.2) is 4.68 Å². The van der Waals surface area contributed by atoms with Crippen LogP contribution in [0.4, 0.5) is 0 Å². The number of benzene rings is 1. The van der Waals surface area contributed by atoms with Gasteiger partial charge in [0.1, 0.15) is 0 Å². The molecule has 3 nitrogen and oxygen atoms in total. The van der Waals surface area contributed by atoms with Crippen molar-refractivity contribution < 1.29 is 0 Å². The summed E-state index contributed by atoms with van der Waals surface area (Å²) in [4.78, 5) is 0. The van der Waals surface area contributed by atoms with Crippen LogP contribution in [0.5, 0.6) is 0 Å². The summed E-state index contributed by atoms with van der Waals surface area (Å²) in [6, 6.07) is 12.9. The quantitative estimate of drug-likeness (QED) is 0.920. The lowest BCUT2D eigenvalue weighted by atomic mass is 9.78. The van der Waals surface area contributed by atoms with E-state index in [9.17, 15) is 0 Å². The van der Waals surface area contributed by atoms with Crippen LogP contribution < -0.4 is 5.32 Å². The highest BCUT2D eigenvalue weighted by molar-refractivity contribution is 5.30. The molecule has 1 aliphatic carbocycles. The van der Waals surface area contributed by atoms with E-state index in [1.165, 1.54) is 31.4 Å². The third-order valence-corrected chi connectivity index (χ3v) is 4.71. The van der Waals surface area contributed by atoms with Crippen molar-refractivity contribution in [1.82, 2.24) is 15.1 Å². The number of nitrogens with one attached hydrogen (secondary N) is 1. The lowest BCUT2D eigenvalue weighted by Crippen LogP contribution is -2.29. The van der Waals surface area contributed by atoms with Gasteiger partial charge >= 0.3 is 0 Å².